The summed E-state index contributed by atoms with van der Waals surface area (Å²) in [6.45, 7) is 8.38. The van der Waals surface area contributed by atoms with Crippen molar-refractivity contribution >= 4 is 24.0 Å². The summed E-state index contributed by atoms with van der Waals surface area (Å²) in [6.07, 6.45) is 7.86. The molecule has 198 valence electrons. The minimum absolute atomic E-state index is 0. The van der Waals surface area contributed by atoms with Gasteiger partial charge in [0, 0.05) is 49.7 Å². The van der Waals surface area contributed by atoms with E-state index in [1.165, 1.54) is 0 Å². The first-order chi connectivity index (χ1) is 17.3. The first-order valence-electron chi connectivity index (χ1n) is 12.9. The van der Waals surface area contributed by atoms with Crippen LogP contribution >= 0.6 is 0 Å². The van der Waals surface area contributed by atoms with Crippen LogP contribution in [0.2, 0.25) is 0 Å². The molecule has 0 spiro atoms. The van der Waals surface area contributed by atoms with Crippen molar-refractivity contribution < 1.29 is 44.7 Å². The van der Waals surface area contributed by atoms with Gasteiger partial charge < -0.3 is 9.69 Å². The predicted octanol–water partition coefficient (Wildman–Crippen LogP) is 7.95. The van der Waals surface area contributed by atoms with Gasteiger partial charge in [0.25, 0.3) is 5.92 Å². The average molecular weight is 733 g/mol. The molecule has 1 aliphatic carbocycles. The zero-order chi connectivity index (χ0) is 26.6. The third-order valence-electron chi connectivity index (χ3n) is 6.82. The monoisotopic (exact) mass is 732 g/mol. The molecule has 7 heteroatoms. The second-order valence-electron chi connectivity index (χ2n) is 9.43. The van der Waals surface area contributed by atoms with Gasteiger partial charge >= 0.3 is 0 Å². The van der Waals surface area contributed by atoms with Gasteiger partial charge in [0.1, 0.15) is 0 Å². The fourth-order valence-corrected chi connectivity index (χ4v) is 4.76. The number of benzene rings is 2. The molecule has 2 aromatic rings. The minimum atomic E-state index is -2.55. The molecular weight excluding hydrogens is 694 g/mol. The van der Waals surface area contributed by atoms with Crippen LogP contribution in [0.5, 0.6) is 0 Å². The van der Waals surface area contributed by atoms with Gasteiger partial charge in [-0.1, -0.05) is 44.9 Å². The molecule has 0 aliphatic heterocycles. The Labute approximate surface area is 244 Å². The standard InChI is InChI=1S/C20H28F2NO.C10H10N2.U/c1-3-5-9-18-13-16(11-12-20(18,21)22)14-23(15-24)19-10-7-6-8-17(19)4-2;1-3-12-10-5-4-9(7-11)6-8(10)2;/h6-8,10,16,18H,3-5,9,11-14H2,1-2H3;3-6H,1-2H3;/q-1;;. The molecule has 0 aromatic heterocycles. The molecule has 4 nitrogen and oxygen atoms in total. The van der Waals surface area contributed by atoms with Crippen LogP contribution in [0.15, 0.2) is 47.5 Å². The van der Waals surface area contributed by atoms with E-state index in [2.05, 4.69) is 11.1 Å². The van der Waals surface area contributed by atoms with Crippen LogP contribution in [0, 0.1) is 61.2 Å². The number of aliphatic imine (C=N–C) groups is 1. The third-order valence-corrected chi connectivity index (χ3v) is 6.82. The zero-order valence-electron chi connectivity index (χ0n) is 22.4. The van der Waals surface area contributed by atoms with Crippen LogP contribution in [-0.4, -0.2) is 25.1 Å². The normalized spacial score (nSPS) is 18.2. The van der Waals surface area contributed by atoms with Gasteiger partial charge in [-0.15, -0.1) is 17.3 Å². The Hall–Kier alpha value is -2.02. The molecule has 1 aliphatic rings. The van der Waals surface area contributed by atoms with E-state index in [4.69, 9.17) is 5.26 Å². The second kappa shape index (κ2) is 16.7. The number of para-hydroxylation sites is 1. The zero-order valence-corrected chi connectivity index (χ0v) is 26.6. The maximum absolute atomic E-state index is 14.1. The van der Waals surface area contributed by atoms with Crippen molar-refractivity contribution in [3.8, 4) is 6.07 Å². The number of halogens is 2. The number of nitrogens with zero attached hydrogens (tertiary/aromatic N) is 3. The van der Waals surface area contributed by atoms with Crippen molar-refractivity contribution in [2.24, 2.45) is 16.8 Å². The van der Waals surface area contributed by atoms with Crippen LogP contribution in [0.4, 0.5) is 20.2 Å². The Morgan fingerprint density at radius 1 is 1.24 bits per heavy atom. The summed E-state index contributed by atoms with van der Waals surface area (Å²) in [7, 11) is 0. The Balaban J connectivity index is 0.000000445. The van der Waals surface area contributed by atoms with E-state index in [1.54, 1.807) is 17.2 Å². The third kappa shape index (κ3) is 9.99. The Bertz CT molecular complexity index is 1050. The van der Waals surface area contributed by atoms with Crippen molar-refractivity contribution in [2.75, 3.05) is 11.4 Å². The topological polar surface area (TPSA) is 56.5 Å². The summed E-state index contributed by atoms with van der Waals surface area (Å²) in [4.78, 5) is 17.2. The van der Waals surface area contributed by atoms with E-state index in [1.807, 2.05) is 70.5 Å². The number of rotatable bonds is 9. The number of nitriles is 1. The first-order valence-corrected chi connectivity index (χ1v) is 12.9. The Morgan fingerprint density at radius 2 is 1.97 bits per heavy atom. The van der Waals surface area contributed by atoms with Gasteiger partial charge in [-0.25, -0.2) is 8.78 Å². The summed E-state index contributed by atoms with van der Waals surface area (Å²) in [5.41, 5.74) is 4.59. The number of carbonyl (C=O) groups excluding carboxylic acids is 1. The summed E-state index contributed by atoms with van der Waals surface area (Å²) < 4.78 is 28.3. The minimum Gasteiger partial charge on any atom is -0.476 e. The molecule has 1 amide bonds. The fourth-order valence-electron chi connectivity index (χ4n) is 4.76. The van der Waals surface area contributed by atoms with Crippen LogP contribution in [0.25, 0.3) is 0 Å². The summed E-state index contributed by atoms with van der Waals surface area (Å²) in [5, 5.41) is 8.59. The number of hydrogen-bond acceptors (Lipinski definition) is 3. The van der Waals surface area contributed by atoms with Crippen LogP contribution in [0.1, 0.15) is 76.0 Å². The fraction of sp³-hybridized carbons (Fsp3) is 0.500. The van der Waals surface area contributed by atoms with Gasteiger partial charge in [-0.05, 0) is 75.8 Å². The molecule has 37 heavy (non-hydrogen) atoms. The molecule has 0 saturated heterocycles. The van der Waals surface area contributed by atoms with E-state index >= 15 is 0 Å². The number of aryl methyl sites for hydroxylation is 2. The molecule has 2 atom stereocenters. The number of amides is 1. The predicted molar refractivity (Wildman–Crippen MR) is 144 cm³/mol. The Kier molecular flexibility index (Phi) is 14.9. The molecule has 3 rings (SSSR count). The second-order valence-corrected chi connectivity index (χ2v) is 9.43. The molecule has 1 fully saturated rings. The average Bonchev–Trinajstić information content (AvgIpc) is 2.88. The van der Waals surface area contributed by atoms with Crippen molar-refractivity contribution in [2.45, 2.75) is 78.6 Å². The van der Waals surface area contributed by atoms with E-state index in [-0.39, 0.29) is 43.5 Å². The molecule has 1 saturated carbocycles. The SMILES string of the molecule is CC=Nc1ccc(C#N)cc1C.CCCCC1CC(CN([C-]=O)c2ccccc2CC)CCC1(F)F.[U]. The molecule has 0 heterocycles. The molecular formula is C30H38F2N3OU-. The molecule has 2 unspecified atom stereocenters. The van der Waals surface area contributed by atoms with E-state index in [0.717, 1.165) is 41.8 Å². The van der Waals surface area contributed by atoms with Gasteiger partial charge in [0.2, 0.25) is 0 Å². The van der Waals surface area contributed by atoms with Crippen molar-refractivity contribution in [1.29, 1.82) is 5.26 Å². The molecule has 0 N–H and O–H groups in total. The number of hydrogen-bond donors (Lipinski definition) is 0. The molecule has 2 aromatic carbocycles. The molecule has 0 radical (unpaired) electrons. The van der Waals surface area contributed by atoms with Gasteiger partial charge in [0.05, 0.1) is 23.7 Å². The quantitative estimate of drug-likeness (QED) is 0.149. The summed E-state index contributed by atoms with van der Waals surface area (Å²) >= 11 is 0. The van der Waals surface area contributed by atoms with E-state index in [9.17, 15) is 13.6 Å². The van der Waals surface area contributed by atoms with E-state index in [0.29, 0.717) is 31.4 Å². The van der Waals surface area contributed by atoms with Gasteiger partial charge in [-0.3, -0.25) is 4.99 Å². The number of unbranched alkanes of at least 4 members (excludes halogenated alkanes) is 1. The maximum Gasteiger partial charge on any atom is 0.250 e. The van der Waals surface area contributed by atoms with Gasteiger partial charge in [0.15, 0.2) is 0 Å². The summed E-state index contributed by atoms with van der Waals surface area (Å²) in [5.74, 6) is -2.98. The van der Waals surface area contributed by atoms with Crippen LogP contribution in [-0.2, 0) is 11.2 Å². The van der Waals surface area contributed by atoms with Crippen molar-refractivity contribution in [3.63, 3.8) is 0 Å². The van der Waals surface area contributed by atoms with Crippen LogP contribution < -0.4 is 4.90 Å². The van der Waals surface area contributed by atoms with Crippen molar-refractivity contribution in [3.05, 3.63) is 59.2 Å². The maximum atomic E-state index is 14.1. The van der Waals surface area contributed by atoms with Crippen LogP contribution in [0.3, 0.4) is 0 Å². The number of alkyl halides is 2. The number of anilines is 1. The summed E-state index contributed by atoms with van der Waals surface area (Å²) in [6, 6.07) is 15.3. The largest absolute Gasteiger partial charge is 0.476 e. The van der Waals surface area contributed by atoms with Crippen molar-refractivity contribution in [1.82, 2.24) is 0 Å². The first kappa shape index (κ1) is 33.0. The smallest absolute Gasteiger partial charge is 0.250 e. The molecule has 0 bridgehead atoms. The Morgan fingerprint density at radius 3 is 2.57 bits per heavy atom. The van der Waals surface area contributed by atoms with Gasteiger partial charge in [-0.2, -0.15) is 5.26 Å². The van der Waals surface area contributed by atoms with E-state index < -0.39 is 11.8 Å².